The summed E-state index contributed by atoms with van der Waals surface area (Å²) in [5.74, 6) is -0.191. The Morgan fingerprint density at radius 3 is 2.48 bits per heavy atom. The molecule has 0 radical (unpaired) electrons. The summed E-state index contributed by atoms with van der Waals surface area (Å²) in [4.78, 5) is 12.1. The third-order valence-electron chi connectivity index (χ3n) is 5.37. The first-order chi connectivity index (χ1) is 13.9. The quantitative estimate of drug-likeness (QED) is 0.715. The van der Waals surface area contributed by atoms with Gasteiger partial charge in [-0.3, -0.25) is 4.79 Å². The summed E-state index contributed by atoms with van der Waals surface area (Å²) in [6, 6.07) is 15.1. The third-order valence-corrected chi connectivity index (χ3v) is 7.26. The van der Waals surface area contributed by atoms with E-state index >= 15 is 0 Å². The molecule has 0 unspecified atom stereocenters. The summed E-state index contributed by atoms with van der Waals surface area (Å²) in [5.41, 5.74) is 1.19. The highest BCUT2D eigenvalue weighted by molar-refractivity contribution is 7.89. The molecule has 29 heavy (non-hydrogen) atoms. The number of benzene rings is 2. The molecule has 2 aromatic carbocycles. The maximum Gasteiger partial charge on any atom is 0.243 e. The summed E-state index contributed by atoms with van der Waals surface area (Å²) >= 11 is 0. The van der Waals surface area contributed by atoms with E-state index in [-0.39, 0.29) is 10.8 Å². The van der Waals surface area contributed by atoms with Gasteiger partial charge in [0.2, 0.25) is 15.9 Å². The molecule has 0 bridgehead atoms. The Morgan fingerprint density at radius 1 is 1.07 bits per heavy atom. The lowest BCUT2D eigenvalue weighted by Gasteiger charge is -2.31. The molecule has 2 aromatic rings. The van der Waals surface area contributed by atoms with Crippen molar-refractivity contribution in [2.24, 2.45) is 5.92 Å². The minimum atomic E-state index is -3.66. The van der Waals surface area contributed by atoms with E-state index in [0.717, 1.165) is 18.9 Å². The summed E-state index contributed by atoms with van der Waals surface area (Å²) in [6.07, 6.45) is 3.45. The predicted octanol–water partition coefficient (Wildman–Crippen LogP) is 3.37. The Balaban J connectivity index is 1.39. The van der Waals surface area contributed by atoms with Gasteiger partial charge in [0.15, 0.2) is 0 Å². The van der Waals surface area contributed by atoms with Gasteiger partial charge in [0.1, 0.15) is 5.82 Å². The van der Waals surface area contributed by atoms with Crippen molar-refractivity contribution in [2.45, 2.75) is 37.0 Å². The molecule has 1 amide bonds. The maximum absolute atomic E-state index is 13.4. The zero-order chi connectivity index (χ0) is 20.7. The Labute approximate surface area is 172 Å². The molecular weight excluding hydrogens is 391 g/mol. The molecule has 0 atom stereocenters. The SMILES string of the molecule is O=C(CCC1CCN(S(=O)(=O)c2cccc(F)c2)CC1)NCCc1ccccc1. The van der Waals surface area contributed by atoms with Gasteiger partial charge in [-0.2, -0.15) is 4.31 Å². The zero-order valence-electron chi connectivity index (χ0n) is 16.4. The number of amides is 1. The molecule has 0 spiro atoms. The van der Waals surface area contributed by atoms with Gasteiger partial charge in [0.05, 0.1) is 4.90 Å². The highest BCUT2D eigenvalue weighted by Crippen LogP contribution is 2.26. The third kappa shape index (κ3) is 6.11. The zero-order valence-corrected chi connectivity index (χ0v) is 17.2. The predicted molar refractivity (Wildman–Crippen MR) is 110 cm³/mol. The number of hydrogen-bond acceptors (Lipinski definition) is 3. The van der Waals surface area contributed by atoms with Gasteiger partial charge in [0, 0.05) is 26.1 Å². The number of nitrogens with zero attached hydrogens (tertiary/aromatic N) is 1. The Hall–Kier alpha value is -2.25. The first kappa shape index (κ1) is 21.5. The number of rotatable bonds is 8. The molecule has 5 nitrogen and oxygen atoms in total. The van der Waals surface area contributed by atoms with Crippen molar-refractivity contribution in [3.05, 3.63) is 66.0 Å². The number of carbonyl (C=O) groups is 1. The van der Waals surface area contributed by atoms with E-state index in [2.05, 4.69) is 5.32 Å². The molecule has 1 heterocycles. The van der Waals surface area contributed by atoms with Crippen molar-refractivity contribution < 1.29 is 17.6 Å². The van der Waals surface area contributed by atoms with Crippen LogP contribution in [-0.2, 0) is 21.2 Å². The van der Waals surface area contributed by atoms with Crippen molar-refractivity contribution in [1.29, 1.82) is 0 Å². The van der Waals surface area contributed by atoms with E-state index < -0.39 is 15.8 Å². The smallest absolute Gasteiger partial charge is 0.243 e. The van der Waals surface area contributed by atoms with E-state index in [0.29, 0.717) is 44.8 Å². The van der Waals surface area contributed by atoms with E-state index in [1.165, 1.54) is 28.1 Å². The summed E-state index contributed by atoms with van der Waals surface area (Å²) in [6.45, 7) is 1.42. The molecule has 1 saturated heterocycles. The molecule has 1 aliphatic heterocycles. The van der Waals surface area contributed by atoms with Crippen LogP contribution in [0.2, 0.25) is 0 Å². The van der Waals surface area contributed by atoms with E-state index in [9.17, 15) is 17.6 Å². The van der Waals surface area contributed by atoms with Crippen LogP contribution in [0.3, 0.4) is 0 Å². The standard InChI is InChI=1S/C22H27FN2O3S/c23-20-7-4-8-21(17-20)29(27,28)25-15-12-19(13-16-25)9-10-22(26)24-14-11-18-5-2-1-3-6-18/h1-8,17,19H,9-16H2,(H,24,26). The van der Waals surface area contributed by atoms with Crippen LogP contribution in [-0.4, -0.2) is 38.3 Å². The molecule has 0 aromatic heterocycles. The van der Waals surface area contributed by atoms with E-state index in [4.69, 9.17) is 0 Å². The number of carbonyl (C=O) groups excluding carboxylic acids is 1. The van der Waals surface area contributed by atoms with Crippen LogP contribution in [0.1, 0.15) is 31.2 Å². The fourth-order valence-electron chi connectivity index (χ4n) is 3.63. The minimum absolute atomic E-state index is 0.00579. The molecule has 7 heteroatoms. The van der Waals surface area contributed by atoms with Crippen LogP contribution in [0, 0.1) is 11.7 Å². The van der Waals surface area contributed by atoms with Crippen LogP contribution >= 0.6 is 0 Å². The number of hydrogen-bond donors (Lipinski definition) is 1. The second-order valence-electron chi connectivity index (χ2n) is 7.43. The van der Waals surface area contributed by atoms with Crippen molar-refractivity contribution in [1.82, 2.24) is 9.62 Å². The van der Waals surface area contributed by atoms with Gasteiger partial charge >= 0.3 is 0 Å². The van der Waals surface area contributed by atoms with Crippen LogP contribution in [0.4, 0.5) is 4.39 Å². The number of nitrogens with one attached hydrogen (secondary N) is 1. The van der Waals surface area contributed by atoms with Gasteiger partial charge in [-0.1, -0.05) is 36.4 Å². The molecule has 1 N–H and O–H groups in total. The Morgan fingerprint density at radius 2 is 1.79 bits per heavy atom. The second-order valence-corrected chi connectivity index (χ2v) is 9.37. The molecule has 1 fully saturated rings. The van der Waals surface area contributed by atoms with Gasteiger partial charge in [-0.25, -0.2) is 12.8 Å². The lowest BCUT2D eigenvalue weighted by Crippen LogP contribution is -2.38. The van der Waals surface area contributed by atoms with Gasteiger partial charge in [-0.15, -0.1) is 0 Å². The van der Waals surface area contributed by atoms with Gasteiger partial charge in [0.25, 0.3) is 0 Å². The second kappa shape index (κ2) is 9.98. The monoisotopic (exact) mass is 418 g/mol. The summed E-state index contributed by atoms with van der Waals surface area (Å²) in [7, 11) is -3.66. The highest BCUT2D eigenvalue weighted by atomic mass is 32.2. The normalized spacial score (nSPS) is 15.9. The Bertz CT molecular complexity index is 911. The summed E-state index contributed by atoms with van der Waals surface area (Å²) in [5, 5.41) is 2.95. The number of piperidine rings is 1. The first-order valence-electron chi connectivity index (χ1n) is 10.0. The fraction of sp³-hybridized carbons (Fsp3) is 0.409. The van der Waals surface area contributed by atoms with Crippen molar-refractivity contribution in [2.75, 3.05) is 19.6 Å². The lowest BCUT2D eigenvalue weighted by atomic mass is 9.93. The Kier molecular flexibility index (Phi) is 7.39. The fourth-order valence-corrected chi connectivity index (χ4v) is 5.13. The molecule has 0 aliphatic carbocycles. The van der Waals surface area contributed by atoms with Crippen LogP contribution in [0.5, 0.6) is 0 Å². The molecule has 3 rings (SSSR count). The van der Waals surface area contributed by atoms with Crippen molar-refractivity contribution in [3.8, 4) is 0 Å². The van der Waals surface area contributed by atoms with Crippen molar-refractivity contribution >= 4 is 15.9 Å². The average molecular weight is 419 g/mol. The topological polar surface area (TPSA) is 66.5 Å². The first-order valence-corrected chi connectivity index (χ1v) is 11.5. The largest absolute Gasteiger partial charge is 0.356 e. The van der Waals surface area contributed by atoms with Gasteiger partial charge in [-0.05, 0) is 55.4 Å². The van der Waals surface area contributed by atoms with Crippen molar-refractivity contribution in [3.63, 3.8) is 0 Å². The average Bonchev–Trinajstić information content (AvgIpc) is 2.73. The molecular formula is C22H27FN2O3S. The number of halogens is 1. The van der Waals surface area contributed by atoms with E-state index in [1.54, 1.807) is 0 Å². The molecule has 156 valence electrons. The molecule has 0 saturated carbocycles. The van der Waals surface area contributed by atoms with E-state index in [1.807, 2.05) is 30.3 Å². The van der Waals surface area contributed by atoms with Crippen LogP contribution in [0.15, 0.2) is 59.5 Å². The maximum atomic E-state index is 13.4. The lowest BCUT2D eigenvalue weighted by molar-refractivity contribution is -0.121. The number of sulfonamides is 1. The minimum Gasteiger partial charge on any atom is -0.356 e. The van der Waals surface area contributed by atoms with Crippen LogP contribution in [0.25, 0.3) is 0 Å². The molecule has 1 aliphatic rings. The van der Waals surface area contributed by atoms with Crippen LogP contribution < -0.4 is 5.32 Å². The van der Waals surface area contributed by atoms with Gasteiger partial charge < -0.3 is 5.32 Å². The summed E-state index contributed by atoms with van der Waals surface area (Å²) < 4.78 is 40.1. The highest BCUT2D eigenvalue weighted by Gasteiger charge is 2.29.